The van der Waals surface area contributed by atoms with E-state index in [1.807, 2.05) is 0 Å². The molecule has 0 fully saturated rings. The number of aryl methyl sites for hydroxylation is 1. The molecule has 1 rings (SSSR count). The lowest BCUT2D eigenvalue weighted by molar-refractivity contribution is 0.138. The van der Waals surface area contributed by atoms with Gasteiger partial charge >= 0.3 is 5.69 Å². The van der Waals surface area contributed by atoms with Gasteiger partial charge in [-0.15, -0.1) is 0 Å². The third-order valence-electron chi connectivity index (χ3n) is 3.29. The molecule has 1 N–H and O–H groups in total. The predicted octanol–water partition coefficient (Wildman–Crippen LogP) is -1.52. The van der Waals surface area contributed by atoms with Crippen molar-refractivity contribution in [3.63, 3.8) is 0 Å². The van der Waals surface area contributed by atoms with Crippen LogP contribution in [0.15, 0.2) is 20.7 Å². The fourth-order valence-corrected chi connectivity index (χ4v) is 3.18. The highest BCUT2D eigenvalue weighted by Gasteiger charge is 2.35. The Hall–Kier alpha value is -1.45. The first-order chi connectivity index (χ1) is 8.96. The number of nitrogens with zero attached hydrogens (tertiary/aromatic N) is 3. The van der Waals surface area contributed by atoms with Crippen LogP contribution in [-0.4, -0.2) is 46.2 Å². The number of aliphatic hydroxyl groups excluding tert-OH is 1. The average molecular weight is 305 g/mol. The monoisotopic (exact) mass is 305 g/mol. The molecule has 0 aliphatic carbocycles. The lowest BCUT2D eigenvalue weighted by Gasteiger charge is -2.32. The normalized spacial score (nSPS) is 12.9. The molecular weight excluding hydrogens is 286 g/mol. The second-order valence-corrected chi connectivity index (χ2v) is 7.13. The average Bonchev–Trinajstić information content (AvgIpc) is 2.39. The molecule has 1 aromatic heterocycles. The number of aromatic nitrogens is 2. The lowest BCUT2D eigenvalue weighted by atomic mass is 10.1. The molecule has 0 spiro atoms. The van der Waals surface area contributed by atoms with Gasteiger partial charge in [0.1, 0.15) is 0 Å². The molecule has 1 aromatic rings. The van der Waals surface area contributed by atoms with Gasteiger partial charge in [-0.1, -0.05) is 0 Å². The summed E-state index contributed by atoms with van der Waals surface area (Å²) in [5.74, 6) is 0. The molecule has 0 saturated heterocycles. The van der Waals surface area contributed by atoms with Crippen LogP contribution in [0.3, 0.4) is 0 Å². The first-order valence-corrected chi connectivity index (χ1v) is 7.27. The van der Waals surface area contributed by atoms with Gasteiger partial charge in [0.15, 0.2) is 4.90 Å². The molecule has 1 heterocycles. The molecule has 0 saturated carbocycles. The van der Waals surface area contributed by atoms with Crippen LogP contribution in [0.1, 0.15) is 13.8 Å². The Morgan fingerprint density at radius 1 is 1.30 bits per heavy atom. The third kappa shape index (κ3) is 2.56. The SMILES string of the molecule is CN(C(C)(C)CO)S(=O)(=O)c1cn(C)c(=O)n(C)c1=O. The minimum Gasteiger partial charge on any atom is -0.394 e. The first kappa shape index (κ1) is 16.6. The molecule has 0 unspecified atom stereocenters. The molecule has 114 valence electrons. The maximum Gasteiger partial charge on any atom is 0.330 e. The summed E-state index contributed by atoms with van der Waals surface area (Å²) in [7, 11) is -0.279. The maximum absolute atomic E-state index is 12.5. The van der Waals surface area contributed by atoms with Gasteiger partial charge in [0.2, 0.25) is 10.0 Å². The summed E-state index contributed by atoms with van der Waals surface area (Å²) in [6, 6.07) is 0. The van der Waals surface area contributed by atoms with Crippen LogP contribution >= 0.6 is 0 Å². The van der Waals surface area contributed by atoms with Crippen LogP contribution in [0.2, 0.25) is 0 Å². The zero-order chi connectivity index (χ0) is 15.9. The predicted molar refractivity (Wildman–Crippen MR) is 73.0 cm³/mol. The number of rotatable bonds is 4. The summed E-state index contributed by atoms with van der Waals surface area (Å²) in [6.45, 7) is 2.64. The van der Waals surface area contributed by atoms with Crippen LogP contribution in [0, 0.1) is 0 Å². The van der Waals surface area contributed by atoms with Crippen molar-refractivity contribution >= 4 is 10.0 Å². The zero-order valence-corrected chi connectivity index (χ0v) is 12.9. The first-order valence-electron chi connectivity index (χ1n) is 5.83. The summed E-state index contributed by atoms with van der Waals surface area (Å²) in [5.41, 5.74) is -2.58. The third-order valence-corrected chi connectivity index (χ3v) is 5.34. The topological polar surface area (TPSA) is 102 Å². The molecule has 0 bridgehead atoms. The van der Waals surface area contributed by atoms with Crippen LogP contribution in [0.5, 0.6) is 0 Å². The van der Waals surface area contributed by atoms with Gasteiger partial charge in [0.25, 0.3) is 5.56 Å². The van der Waals surface area contributed by atoms with Crippen molar-refractivity contribution in [1.29, 1.82) is 0 Å². The number of sulfonamides is 1. The lowest BCUT2D eigenvalue weighted by Crippen LogP contribution is -2.50. The van der Waals surface area contributed by atoms with Crippen LogP contribution in [0.4, 0.5) is 0 Å². The van der Waals surface area contributed by atoms with Crippen LogP contribution in [0.25, 0.3) is 0 Å². The summed E-state index contributed by atoms with van der Waals surface area (Å²) in [4.78, 5) is 23.1. The zero-order valence-electron chi connectivity index (χ0n) is 12.1. The Labute approximate surface area is 116 Å². The molecular formula is C11H19N3O5S. The molecule has 9 heteroatoms. The molecule has 8 nitrogen and oxygen atoms in total. The van der Waals surface area contributed by atoms with Crippen LogP contribution < -0.4 is 11.2 Å². The summed E-state index contributed by atoms with van der Waals surface area (Å²) in [5, 5.41) is 9.25. The highest BCUT2D eigenvalue weighted by Crippen LogP contribution is 2.19. The Kier molecular flexibility index (Phi) is 4.28. The van der Waals surface area contributed by atoms with Gasteiger partial charge < -0.3 is 9.67 Å². The maximum atomic E-state index is 12.5. The summed E-state index contributed by atoms with van der Waals surface area (Å²) < 4.78 is 27.6. The van der Waals surface area contributed by atoms with E-state index in [0.717, 1.165) is 19.6 Å². The Bertz CT molecular complexity index is 729. The second kappa shape index (κ2) is 5.15. The van der Waals surface area contributed by atoms with E-state index in [-0.39, 0.29) is 0 Å². The van der Waals surface area contributed by atoms with Crippen molar-refractivity contribution in [1.82, 2.24) is 13.4 Å². The van der Waals surface area contributed by atoms with Crippen molar-refractivity contribution in [2.45, 2.75) is 24.3 Å². The molecule has 0 atom stereocenters. The molecule has 0 radical (unpaired) electrons. The smallest absolute Gasteiger partial charge is 0.330 e. The van der Waals surface area contributed by atoms with Crippen LogP contribution in [-0.2, 0) is 24.1 Å². The fraction of sp³-hybridized carbons (Fsp3) is 0.636. The number of hydrogen-bond donors (Lipinski definition) is 1. The molecule has 0 amide bonds. The van der Waals surface area contributed by atoms with E-state index in [0.29, 0.717) is 0 Å². The Morgan fingerprint density at radius 2 is 1.80 bits per heavy atom. The van der Waals surface area contributed by atoms with E-state index >= 15 is 0 Å². The minimum atomic E-state index is -4.12. The highest BCUT2D eigenvalue weighted by atomic mass is 32.2. The molecule has 0 aliphatic rings. The van der Waals surface area contributed by atoms with E-state index in [1.54, 1.807) is 0 Å². The Morgan fingerprint density at radius 3 is 2.25 bits per heavy atom. The van der Waals surface area contributed by atoms with Gasteiger partial charge in [-0.05, 0) is 13.8 Å². The number of aliphatic hydroxyl groups is 1. The molecule has 0 aromatic carbocycles. The van der Waals surface area contributed by atoms with Gasteiger partial charge in [-0.3, -0.25) is 9.36 Å². The largest absolute Gasteiger partial charge is 0.394 e. The van der Waals surface area contributed by atoms with E-state index in [2.05, 4.69) is 0 Å². The van der Waals surface area contributed by atoms with E-state index < -0.39 is 38.3 Å². The van der Waals surface area contributed by atoms with Crippen molar-refractivity contribution < 1.29 is 13.5 Å². The standard InChI is InChI=1S/C11H19N3O5S/c1-11(2,7-15)14(5)20(18,19)8-6-12(3)10(17)13(4)9(8)16/h6,15H,7H2,1-5H3. The van der Waals surface area contributed by atoms with Gasteiger partial charge in [0, 0.05) is 27.3 Å². The fourth-order valence-electron chi connectivity index (χ4n) is 1.52. The minimum absolute atomic E-state index is 0.408. The van der Waals surface area contributed by atoms with Gasteiger partial charge in [-0.2, -0.15) is 4.31 Å². The highest BCUT2D eigenvalue weighted by molar-refractivity contribution is 7.89. The van der Waals surface area contributed by atoms with Crippen molar-refractivity contribution in [3.05, 3.63) is 27.0 Å². The number of hydrogen-bond acceptors (Lipinski definition) is 5. The van der Waals surface area contributed by atoms with Gasteiger partial charge in [0.05, 0.1) is 12.1 Å². The quantitative estimate of drug-likeness (QED) is 0.727. The summed E-state index contributed by atoms with van der Waals surface area (Å²) in [6.07, 6.45) is 0.990. The second-order valence-electron chi connectivity index (χ2n) is 5.19. The van der Waals surface area contributed by atoms with E-state index in [1.165, 1.54) is 35.0 Å². The van der Waals surface area contributed by atoms with E-state index in [4.69, 9.17) is 0 Å². The summed E-state index contributed by atoms with van der Waals surface area (Å²) >= 11 is 0. The molecule has 0 aliphatic heterocycles. The van der Waals surface area contributed by atoms with Gasteiger partial charge in [-0.25, -0.2) is 13.2 Å². The molecule has 20 heavy (non-hydrogen) atoms. The van der Waals surface area contributed by atoms with Crippen molar-refractivity contribution in [2.75, 3.05) is 13.7 Å². The number of likely N-dealkylation sites (N-methyl/N-ethyl adjacent to an activating group) is 1. The van der Waals surface area contributed by atoms with Crippen molar-refractivity contribution in [2.24, 2.45) is 14.1 Å². The van der Waals surface area contributed by atoms with E-state index in [9.17, 15) is 23.1 Å². The van der Waals surface area contributed by atoms with Crippen molar-refractivity contribution in [3.8, 4) is 0 Å². The Balaban J connectivity index is 3.61.